The van der Waals surface area contributed by atoms with Crippen molar-refractivity contribution in [2.24, 2.45) is 0 Å². The van der Waals surface area contributed by atoms with E-state index in [1.165, 1.54) is 6.26 Å². The molecule has 0 saturated carbocycles. The Hall–Kier alpha value is -2.30. The van der Waals surface area contributed by atoms with E-state index < -0.39 is 11.7 Å². The second-order valence-corrected chi connectivity index (χ2v) is 5.09. The highest BCUT2D eigenvalue weighted by Crippen LogP contribution is 2.20. The Morgan fingerprint density at radius 1 is 1.21 bits per heavy atom. The third-order valence-electron chi connectivity index (χ3n) is 2.26. The lowest BCUT2D eigenvalue weighted by molar-refractivity contribution is 0.0636. The van der Waals surface area contributed by atoms with Crippen molar-refractivity contribution in [1.29, 1.82) is 0 Å². The van der Waals surface area contributed by atoms with E-state index in [0.717, 1.165) is 11.3 Å². The molecular weight excluding hydrogens is 244 g/mol. The SMILES string of the molecule is CC(C)(C)OC(=O)Nc1ccc(-c2ccon2)cc1. The van der Waals surface area contributed by atoms with Gasteiger partial charge in [0, 0.05) is 17.3 Å². The molecule has 5 nitrogen and oxygen atoms in total. The zero-order valence-corrected chi connectivity index (χ0v) is 11.1. The van der Waals surface area contributed by atoms with Crippen LogP contribution < -0.4 is 5.32 Å². The highest BCUT2D eigenvalue weighted by molar-refractivity contribution is 5.85. The monoisotopic (exact) mass is 260 g/mol. The van der Waals surface area contributed by atoms with Crippen LogP contribution in [0.3, 0.4) is 0 Å². The minimum Gasteiger partial charge on any atom is -0.444 e. The van der Waals surface area contributed by atoms with E-state index in [1.54, 1.807) is 18.2 Å². The Balaban J connectivity index is 2.01. The maximum Gasteiger partial charge on any atom is 0.412 e. The Bertz CT molecular complexity index is 539. The summed E-state index contributed by atoms with van der Waals surface area (Å²) in [6, 6.07) is 9.05. The second-order valence-electron chi connectivity index (χ2n) is 5.09. The Morgan fingerprint density at radius 2 is 1.89 bits per heavy atom. The van der Waals surface area contributed by atoms with Gasteiger partial charge in [-0.05, 0) is 32.9 Å². The Kier molecular flexibility index (Phi) is 3.55. The maximum absolute atomic E-state index is 11.6. The average molecular weight is 260 g/mol. The number of hydrogen-bond acceptors (Lipinski definition) is 4. The standard InChI is InChI=1S/C14H16N2O3/c1-14(2,3)19-13(17)15-11-6-4-10(5-7-11)12-8-9-18-16-12/h4-9H,1-3H3,(H,15,17). The molecule has 100 valence electrons. The molecule has 1 aromatic heterocycles. The number of benzene rings is 1. The van der Waals surface area contributed by atoms with Crippen LogP contribution in [0.25, 0.3) is 11.3 Å². The van der Waals surface area contributed by atoms with Crippen LogP contribution in [-0.2, 0) is 4.74 Å². The first-order chi connectivity index (χ1) is 8.94. The van der Waals surface area contributed by atoms with Gasteiger partial charge in [-0.15, -0.1) is 0 Å². The van der Waals surface area contributed by atoms with Crippen molar-refractivity contribution in [3.8, 4) is 11.3 Å². The molecule has 2 rings (SSSR count). The largest absolute Gasteiger partial charge is 0.444 e. The predicted octanol–water partition coefficient (Wildman–Crippen LogP) is 3.69. The zero-order chi connectivity index (χ0) is 13.9. The molecule has 0 atom stereocenters. The van der Waals surface area contributed by atoms with E-state index in [-0.39, 0.29) is 0 Å². The molecule has 0 spiro atoms. The third kappa shape index (κ3) is 3.84. The number of ether oxygens (including phenoxy) is 1. The molecule has 19 heavy (non-hydrogen) atoms. The van der Waals surface area contributed by atoms with Gasteiger partial charge in [0.15, 0.2) is 0 Å². The van der Waals surface area contributed by atoms with Gasteiger partial charge in [0.2, 0.25) is 0 Å². The van der Waals surface area contributed by atoms with Crippen LogP contribution in [0.4, 0.5) is 10.5 Å². The van der Waals surface area contributed by atoms with Gasteiger partial charge in [0.1, 0.15) is 17.6 Å². The quantitative estimate of drug-likeness (QED) is 0.894. The van der Waals surface area contributed by atoms with Crippen LogP contribution in [-0.4, -0.2) is 16.9 Å². The summed E-state index contributed by atoms with van der Waals surface area (Å²) < 4.78 is 9.95. The van der Waals surface area contributed by atoms with Crippen LogP contribution in [0.5, 0.6) is 0 Å². The van der Waals surface area contributed by atoms with Crippen molar-refractivity contribution in [3.05, 3.63) is 36.6 Å². The zero-order valence-electron chi connectivity index (χ0n) is 11.1. The molecule has 1 heterocycles. The number of aromatic nitrogens is 1. The molecule has 5 heteroatoms. The fourth-order valence-corrected chi connectivity index (χ4v) is 1.51. The lowest BCUT2D eigenvalue weighted by atomic mass is 10.1. The molecule has 0 aliphatic carbocycles. The normalized spacial score (nSPS) is 11.1. The lowest BCUT2D eigenvalue weighted by Gasteiger charge is -2.19. The molecule has 2 aromatic rings. The summed E-state index contributed by atoms with van der Waals surface area (Å²) in [5, 5.41) is 6.50. The fourth-order valence-electron chi connectivity index (χ4n) is 1.51. The minimum atomic E-state index is -0.509. The summed E-state index contributed by atoms with van der Waals surface area (Å²) in [4.78, 5) is 11.6. The van der Waals surface area contributed by atoms with Gasteiger partial charge in [-0.25, -0.2) is 4.79 Å². The summed E-state index contributed by atoms with van der Waals surface area (Å²) in [7, 11) is 0. The molecule has 0 aliphatic heterocycles. The molecule has 0 saturated heterocycles. The number of anilines is 1. The highest BCUT2D eigenvalue weighted by atomic mass is 16.6. The Morgan fingerprint density at radius 3 is 2.42 bits per heavy atom. The van der Waals surface area contributed by atoms with E-state index in [2.05, 4.69) is 10.5 Å². The third-order valence-corrected chi connectivity index (χ3v) is 2.26. The summed E-state index contributed by atoms with van der Waals surface area (Å²) in [5.74, 6) is 0. The summed E-state index contributed by atoms with van der Waals surface area (Å²) in [6.07, 6.45) is 1.05. The highest BCUT2D eigenvalue weighted by Gasteiger charge is 2.16. The van der Waals surface area contributed by atoms with Crippen LogP contribution in [0.2, 0.25) is 0 Å². The van der Waals surface area contributed by atoms with E-state index in [4.69, 9.17) is 9.26 Å². The van der Waals surface area contributed by atoms with Crippen molar-refractivity contribution in [2.75, 3.05) is 5.32 Å². The first-order valence-electron chi connectivity index (χ1n) is 5.95. The van der Waals surface area contributed by atoms with Crippen LogP contribution in [0.1, 0.15) is 20.8 Å². The van der Waals surface area contributed by atoms with Gasteiger partial charge in [-0.2, -0.15) is 0 Å². The first kappa shape index (κ1) is 13.1. The molecule has 1 aromatic carbocycles. The number of amides is 1. The van der Waals surface area contributed by atoms with Crippen molar-refractivity contribution in [2.45, 2.75) is 26.4 Å². The molecule has 0 fully saturated rings. The first-order valence-corrected chi connectivity index (χ1v) is 5.95. The van der Waals surface area contributed by atoms with Gasteiger partial charge in [0.25, 0.3) is 0 Å². The molecular formula is C14H16N2O3. The van der Waals surface area contributed by atoms with Crippen molar-refractivity contribution < 1.29 is 14.1 Å². The van der Waals surface area contributed by atoms with Crippen LogP contribution in [0, 0.1) is 0 Å². The number of rotatable bonds is 2. The van der Waals surface area contributed by atoms with Crippen LogP contribution in [0.15, 0.2) is 41.1 Å². The number of carbonyl (C=O) groups is 1. The number of nitrogens with zero attached hydrogens (tertiary/aromatic N) is 1. The minimum absolute atomic E-state index is 0.471. The summed E-state index contributed by atoms with van der Waals surface area (Å²) in [5.41, 5.74) is 1.83. The molecule has 1 amide bonds. The Labute approximate surface area is 111 Å². The molecule has 0 bridgehead atoms. The number of carbonyl (C=O) groups excluding carboxylic acids is 1. The molecule has 0 unspecified atom stereocenters. The molecule has 0 radical (unpaired) electrons. The van der Waals surface area contributed by atoms with Crippen molar-refractivity contribution >= 4 is 11.8 Å². The fraction of sp³-hybridized carbons (Fsp3) is 0.286. The predicted molar refractivity (Wildman–Crippen MR) is 71.8 cm³/mol. The number of nitrogens with one attached hydrogen (secondary N) is 1. The van der Waals surface area contributed by atoms with E-state index in [1.807, 2.05) is 32.9 Å². The molecule has 0 aliphatic rings. The topological polar surface area (TPSA) is 64.4 Å². The lowest BCUT2D eigenvalue weighted by Crippen LogP contribution is -2.27. The van der Waals surface area contributed by atoms with Gasteiger partial charge in [-0.3, -0.25) is 5.32 Å². The summed E-state index contributed by atoms with van der Waals surface area (Å²) >= 11 is 0. The van der Waals surface area contributed by atoms with Crippen LogP contribution >= 0.6 is 0 Å². The molecule has 1 N–H and O–H groups in total. The van der Waals surface area contributed by atoms with Gasteiger partial charge in [0.05, 0.1) is 0 Å². The second kappa shape index (κ2) is 5.14. The van der Waals surface area contributed by atoms with E-state index in [0.29, 0.717) is 5.69 Å². The van der Waals surface area contributed by atoms with E-state index >= 15 is 0 Å². The number of hydrogen-bond donors (Lipinski definition) is 1. The van der Waals surface area contributed by atoms with Gasteiger partial charge in [-0.1, -0.05) is 17.3 Å². The van der Waals surface area contributed by atoms with E-state index in [9.17, 15) is 4.79 Å². The average Bonchev–Trinajstić information content (AvgIpc) is 2.80. The smallest absolute Gasteiger partial charge is 0.412 e. The maximum atomic E-state index is 11.6. The summed E-state index contributed by atoms with van der Waals surface area (Å²) in [6.45, 7) is 5.46. The van der Waals surface area contributed by atoms with Crippen molar-refractivity contribution in [1.82, 2.24) is 5.16 Å². The van der Waals surface area contributed by atoms with Gasteiger partial charge >= 0.3 is 6.09 Å². The van der Waals surface area contributed by atoms with Crippen molar-refractivity contribution in [3.63, 3.8) is 0 Å². The van der Waals surface area contributed by atoms with Gasteiger partial charge < -0.3 is 9.26 Å².